The molecular weight excluding hydrogens is 353 g/mol. The van der Waals surface area contributed by atoms with Gasteiger partial charge in [0.1, 0.15) is 11.4 Å². The van der Waals surface area contributed by atoms with E-state index in [1.807, 2.05) is 6.92 Å². The highest BCUT2D eigenvalue weighted by molar-refractivity contribution is 9.10. The van der Waals surface area contributed by atoms with Crippen LogP contribution in [0.1, 0.15) is 31.0 Å². The molecule has 6 heteroatoms. The minimum absolute atomic E-state index is 0.139. The van der Waals surface area contributed by atoms with Crippen LogP contribution in [-0.4, -0.2) is 24.7 Å². The summed E-state index contributed by atoms with van der Waals surface area (Å²) in [6.07, 6.45) is 1.50. The molecule has 1 atom stereocenters. The molecule has 1 aliphatic rings. The number of carbonyl (C=O) groups is 1. The first-order valence-electron chi connectivity index (χ1n) is 7.22. The second kappa shape index (κ2) is 5.66. The Balaban J connectivity index is 2.21. The maximum Gasteiger partial charge on any atom is 0.308 e. The van der Waals surface area contributed by atoms with Crippen LogP contribution in [-0.2, 0) is 26.3 Å². The van der Waals surface area contributed by atoms with Crippen molar-refractivity contribution in [2.75, 3.05) is 13.7 Å². The van der Waals surface area contributed by atoms with E-state index >= 15 is 0 Å². The predicted molar refractivity (Wildman–Crippen MR) is 84.2 cm³/mol. The number of nitrogens with one attached hydrogen (secondary N) is 1. The number of fused-ring (bicyclic) bond motifs is 3. The van der Waals surface area contributed by atoms with Crippen molar-refractivity contribution < 1.29 is 18.7 Å². The summed E-state index contributed by atoms with van der Waals surface area (Å²) in [7, 11) is 1.37. The molecule has 3 rings (SSSR count). The third-order valence-electron chi connectivity index (χ3n) is 4.39. The molecule has 1 aromatic heterocycles. The fraction of sp³-hybridized carbons (Fsp3) is 0.438. The molecule has 22 heavy (non-hydrogen) atoms. The normalized spacial score (nSPS) is 20.9. The van der Waals surface area contributed by atoms with E-state index in [9.17, 15) is 9.18 Å². The Bertz CT molecular complexity index is 743. The monoisotopic (exact) mass is 369 g/mol. The number of hydrogen-bond acceptors (Lipinski definition) is 3. The van der Waals surface area contributed by atoms with Gasteiger partial charge in [-0.2, -0.15) is 0 Å². The zero-order valence-electron chi connectivity index (χ0n) is 12.5. The van der Waals surface area contributed by atoms with Crippen molar-refractivity contribution in [3.8, 4) is 0 Å². The molecule has 0 amide bonds. The SMILES string of the molecule is CCC1(CC(=O)OC)OCCc2c1[nH]c1c(Br)c(F)ccc21. The Kier molecular flexibility index (Phi) is 3.99. The van der Waals surface area contributed by atoms with Gasteiger partial charge in [-0.3, -0.25) is 4.79 Å². The Morgan fingerprint density at radius 1 is 1.55 bits per heavy atom. The number of carbonyl (C=O) groups excluding carboxylic acids is 1. The van der Waals surface area contributed by atoms with Gasteiger partial charge in [0.15, 0.2) is 0 Å². The van der Waals surface area contributed by atoms with Crippen molar-refractivity contribution in [3.63, 3.8) is 0 Å². The van der Waals surface area contributed by atoms with Crippen molar-refractivity contribution in [2.45, 2.75) is 31.8 Å². The van der Waals surface area contributed by atoms with Gasteiger partial charge in [-0.15, -0.1) is 0 Å². The van der Waals surface area contributed by atoms with Crippen molar-refractivity contribution in [3.05, 3.63) is 33.7 Å². The molecule has 1 unspecified atom stereocenters. The zero-order chi connectivity index (χ0) is 15.9. The van der Waals surface area contributed by atoms with Gasteiger partial charge in [0, 0.05) is 5.39 Å². The van der Waals surface area contributed by atoms with Crippen molar-refractivity contribution in [2.24, 2.45) is 0 Å². The van der Waals surface area contributed by atoms with Crippen LogP contribution in [0.4, 0.5) is 4.39 Å². The summed E-state index contributed by atoms with van der Waals surface area (Å²) in [5, 5.41) is 0.967. The smallest absolute Gasteiger partial charge is 0.308 e. The number of ether oxygens (including phenoxy) is 2. The average Bonchev–Trinajstić information content (AvgIpc) is 2.91. The number of rotatable bonds is 3. The van der Waals surface area contributed by atoms with Gasteiger partial charge in [0.05, 0.1) is 35.8 Å². The van der Waals surface area contributed by atoms with E-state index in [2.05, 4.69) is 20.9 Å². The molecule has 0 aliphatic carbocycles. The minimum Gasteiger partial charge on any atom is -0.469 e. The fourth-order valence-corrected chi connectivity index (χ4v) is 3.62. The van der Waals surface area contributed by atoms with Crippen LogP contribution in [0.2, 0.25) is 0 Å². The lowest BCUT2D eigenvalue weighted by molar-refractivity contribution is -0.152. The largest absolute Gasteiger partial charge is 0.469 e. The Hall–Kier alpha value is -1.40. The predicted octanol–water partition coefficient (Wildman–Crippen LogP) is 3.81. The summed E-state index contributed by atoms with van der Waals surface area (Å²) in [6, 6.07) is 3.22. The minimum atomic E-state index is -0.740. The van der Waals surface area contributed by atoms with Crippen LogP contribution in [0.5, 0.6) is 0 Å². The number of aromatic amines is 1. The lowest BCUT2D eigenvalue weighted by atomic mass is 9.86. The van der Waals surface area contributed by atoms with Crippen molar-refractivity contribution >= 4 is 32.8 Å². The molecule has 0 radical (unpaired) electrons. The Labute approximate surface area is 136 Å². The highest BCUT2D eigenvalue weighted by Crippen LogP contribution is 2.43. The molecule has 0 fully saturated rings. The molecule has 0 saturated carbocycles. The highest BCUT2D eigenvalue weighted by Gasteiger charge is 2.41. The van der Waals surface area contributed by atoms with E-state index in [1.165, 1.54) is 13.2 Å². The van der Waals surface area contributed by atoms with Crippen LogP contribution in [0.25, 0.3) is 10.9 Å². The topological polar surface area (TPSA) is 51.3 Å². The van der Waals surface area contributed by atoms with Gasteiger partial charge in [0.25, 0.3) is 0 Å². The fourth-order valence-electron chi connectivity index (χ4n) is 3.18. The van der Waals surface area contributed by atoms with E-state index in [-0.39, 0.29) is 18.2 Å². The number of halogens is 2. The first-order valence-corrected chi connectivity index (χ1v) is 8.01. The lowest BCUT2D eigenvalue weighted by Crippen LogP contribution is -2.37. The van der Waals surface area contributed by atoms with Gasteiger partial charge in [-0.05, 0) is 46.5 Å². The van der Waals surface area contributed by atoms with Gasteiger partial charge in [-0.1, -0.05) is 6.92 Å². The molecule has 2 heterocycles. The van der Waals surface area contributed by atoms with Crippen LogP contribution in [0.15, 0.2) is 16.6 Å². The third-order valence-corrected chi connectivity index (χ3v) is 5.16. The lowest BCUT2D eigenvalue weighted by Gasteiger charge is -2.35. The summed E-state index contributed by atoms with van der Waals surface area (Å²) in [5.41, 5.74) is 1.91. The van der Waals surface area contributed by atoms with Crippen LogP contribution >= 0.6 is 15.9 Å². The number of methoxy groups -OCH3 is 1. The van der Waals surface area contributed by atoms with Crippen LogP contribution in [0.3, 0.4) is 0 Å². The Morgan fingerprint density at radius 2 is 2.32 bits per heavy atom. The number of benzene rings is 1. The van der Waals surface area contributed by atoms with Gasteiger partial charge >= 0.3 is 5.97 Å². The van der Waals surface area contributed by atoms with Crippen molar-refractivity contribution in [1.82, 2.24) is 4.98 Å². The second-order valence-corrected chi connectivity index (χ2v) is 6.25. The number of esters is 1. The summed E-state index contributed by atoms with van der Waals surface area (Å²) < 4.78 is 25.0. The van der Waals surface area contributed by atoms with Gasteiger partial charge < -0.3 is 14.5 Å². The number of aromatic nitrogens is 1. The molecule has 118 valence electrons. The molecule has 1 aliphatic heterocycles. The summed E-state index contributed by atoms with van der Waals surface area (Å²) in [4.78, 5) is 15.1. The standard InChI is InChI=1S/C16H17BrFNO3/c1-3-16(8-12(20)21-2)15-10(6-7-22-16)9-4-5-11(18)13(17)14(9)19-15/h4-5,19H,3,6-8H2,1-2H3. The first-order chi connectivity index (χ1) is 10.5. The maximum absolute atomic E-state index is 13.8. The molecule has 0 spiro atoms. The van der Waals surface area contributed by atoms with E-state index in [0.717, 1.165) is 23.1 Å². The third kappa shape index (κ3) is 2.25. The quantitative estimate of drug-likeness (QED) is 0.836. The molecule has 0 bridgehead atoms. The summed E-state index contributed by atoms with van der Waals surface area (Å²) >= 11 is 3.29. The molecule has 1 aromatic carbocycles. The van der Waals surface area contributed by atoms with E-state index in [4.69, 9.17) is 9.47 Å². The van der Waals surface area contributed by atoms with E-state index in [1.54, 1.807) is 6.07 Å². The molecule has 2 aromatic rings. The molecule has 4 nitrogen and oxygen atoms in total. The van der Waals surface area contributed by atoms with Gasteiger partial charge in [0.2, 0.25) is 0 Å². The van der Waals surface area contributed by atoms with E-state index in [0.29, 0.717) is 23.0 Å². The van der Waals surface area contributed by atoms with Crippen LogP contribution in [0, 0.1) is 5.82 Å². The number of H-pyrrole nitrogens is 1. The average molecular weight is 370 g/mol. The molecular formula is C16H17BrFNO3. The second-order valence-electron chi connectivity index (χ2n) is 5.46. The van der Waals surface area contributed by atoms with E-state index < -0.39 is 5.60 Å². The summed E-state index contributed by atoms with van der Waals surface area (Å²) in [6.45, 7) is 2.50. The highest BCUT2D eigenvalue weighted by atomic mass is 79.9. The van der Waals surface area contributed by atoms with Crippen molar-refractivity contribution in [1.29, 1.82) is 0 Å². The zero-order valence-corrected chi connectivity index (χ0v) is 14.0. The maximum atomic E-state index is 13.8. The first kappa shape index (κ1) is 15.5. The molecule has 0 saturated heterocycles. The number of hydrogen-bond donors (Lipinski definition) is 1. The Morgan fingerprint density at radius 3 is 3.00 bits per heavy atom. The van der Waals surface area contributed by atoms with Gasteiger partial charge in [-0.25, -0.2) is 4.39 Å². The van der Waals surface area contributed by atoms with Crippen LogP contribution < -0.4 is 0 Å². The summed E-state index contributed by atoms with van der Waals surface area (Å²) in [5.74, 6) is -0.638. The molecule has 1 N–H and O–H groups in total.